The number of carbonyl (C=O) groups excluding carboxylic acids is 1. The van der Waals surface area contributed by atoms with E-state index in [1.807, 2.05) is 23.4 Å². The molecule has 27 heavy (non-hydrogen) atoms. The van der Waals surface area contributed by atoms with Gasteiger partial charge in [0.25, 0.3) is 5.91 Å². The van der Waals surface area contributed by atoms with Crippen LogP contribution in [0.2, 0.25) is 0 Å². The molecule has 4 heterocycles. The van der Waals surface area contributed by atoms with Crippen molar-refractivity contribution < 1.29 is 9.53 Å². The van der Waals surface area contributed by atoms with Crippen molar-refractivity contribution in [3.05, 3.63) is 47.3 Å². The first kappa shape index (κ1) is 18.1. The number of methoxy groups -OCH3 is 1. The van der Waals surface area contributed by atoms with E-state index in [0.29, 0.717) is 12.3 Å². The molecule has 1 N–H and O–H groups in total. The minimum Gasteiger partial charge on any atom is -0.378 e. The standard InChI is InChI=1S/C20H27N5O2/c1-3-25-10-7-16-18(22-14-21-16)20(25)8-11-24(12-9-20)19(26)17-6-4-5-15(23-17)13-27-2/h4-6,14H,3,7-13H2,1-2H3,(H,21,22). The summed E-state index contributed by atoms with van der Waals surface area (Å²) < 4.78 is 5.13. The minimum atomic E-state index is -0.0512. The SMILES string of the molecule is CCN1CCc2[nH]cnc2C12CCN(C(=O)c1cccc(COC)n1)CC2. The zero-order valence-electron chi connectivity index (χ0n) is 16.1. The zero-order valence-corrected chi connectivity index (χ0v) is 16.1. The lowest BCUT2D eigenvalue weighted by Gasteiger charge is -2.50. The number of aromatic amines is 1. The molecule has 1 fully saturated rings. The van der Waals surface area contributed by atoms with Gasteiger partial charge in [0.05, 0.1) is 29.9 Å². The summed E-state index contributed by atoms with van der Waals surface area (Å²) in [7, 11) is 1.63. The number of hydrogen-bond acceptors (Lipinski definition) is 5. The molecule has 2 aliphatic heterocycles. The maximum atomic E-state index is 13.0. The molecule has 2 aromatic heterocycles. The molecular formula is C20H27N5O2. The molecule has 0 aromatic carbocycles. The first-order valence-corrected chi connectivity index (χ1v) is 9.70. The van der Waals surface area contributed by atoms with Crippen molar-refractivity contribution in [2.24, 2.45) is 0 Å². The summed E-state index contributed by atoms with van der Waals surface area (Å²) in [6.45, 7) is 6.11. The molecule has 1 spiro atoms. The van der Waals surface area contributed by atoms with Crippen LogP contribution in [0.3, 0.4) is 0 Å². The van der Waals surface area contributed by atoms with Gasteiger partial charge in [-0.3, -0.25) is 9.69 Å². The number of rotatable bonds is 4. The smallest absolute Gasteiger partial charge is 0.272 e. The van der Waals surface area contributed by atoms with E-state index in [9.17, 15) is 4.79 Å². The van der Waals surface area contributed by atoms with Crippen LogP contribution in [0.1, 0.15) is 47.3 Å². The molecule has 0 radical (unpaired) electrons. The van der Waals surface area contributed by atoms with E-state index in [-0.39, 0.29) is 11.4 Å². The average molecular weight is 369 g/mol. The quantitative estimate of drug-likeness (QED) is 0.892. The van der Waals surface area contributed by atoms with Crippen LogP contribution in [-0.4, -0.2) is 63.9 Å². The van der Waals surface area contributed by atoms with Gasteiger partial charge in [-0.2, -0.15) is 0 Å². The maximum absolute atomic E-state index is 13.0. The van der Waals surface area contributed by atoms with Crippen LogP contribution in [0.5, 0.6) is 0 Å². The van der Waals surface area contributed by atoms with Crippen LogP contribution in [0.4, 0.5) is 0 Å². The summed E-state index contributed by atoms with van der Waals surface area (Å²) in [5, 5.41) is 0. The van der Waals surface area contributed by atoms with Gasteiger partial charge in [-0.1, -0.05) is 13.0 Å². The van der Waals surface area contributed by atoms with E-state index in [0.717, 1.165) is 51.1 Å². The Bertz CT molecular complexity index is 810. The molecule has 1 amide bonds. The lowest BCUT2D eigenvalue weighted by molar-refractivity contribution is 0.0100. The first-order valence-electron chi connectivity index (χ1n) is 9.70. The summed E-state index contributed by atoms with van der Waals surface area (Å²) in [6.07, 6.45) is 4.64. The van der Waals surface area contributed by atoms with Gasteiger partial charge in [0.1, 0.15) is 5.69 Å². The molecule has 144 valence electrons. The first-order chi connectivity index (χ1) is 13.2. The fraction of sp³-hybridized carbons (Fsp3) is 0.550. The van der Waals surface area contributed by atoms with Crippen molar-refractivity contribution in [2.75, 3.05) is 33.3 Å². The number of aromatic nitrogens is 3. The van der Waals surface area contributed by atoms with Gasteiger partial charge >= 0.3 is 0 Å². The number of likely N-dealkylation sites (tertiary alicyclic amines) is 1. The van der Waals surface area contributed by atoms with Gasteiger partial charge < -0.3 is 14.6 Å². The van der Waals surface area contributed by atoms with E-state index in [1.165, 1.54) is 11.4 Å². The Hall–Kier alpha value is -2.25. The number of piperidine rings is 1. The number of nitrogens with zero attached hydrogens (tertiary/aromatic N) is 4. The predicted molar refractivity (Wildman–Crippen MR) is 101 cm³/mol. The summed E-state index contributed by atoms with van der Waals surface area (Å²) in [5.74, 6) is 0.00362. The molecule has 0 atom stereocenters. The number of imidazole rings is 1. The van der Waals surface area contributed by atoms with E-state index in [2.05, 4.69) is 26.8 Å². The molecule has 2 aromatic rings. The van der Waals surface area contributed by atoms with Crippen LogP contribution in [-0.2, 0) is 23.3 Å². The summed E-state index contributed by atoms with van der Waals surface area (Å²) >= 11 is 0. The topological polar surface area (TPSA) is 74.4 Å². The number of ether oxygens (including phenoxy) is 1. The fourth-order valence-corrected chi connectivity index (χ4v) is 4.61. The molecule has 4 rings (SSSR count). The van der Waals surface area contributed by atoms with Crippen LogP contribution >= 0.6 is 0 Å². The van der Waals surface area contributed by atoms with Crippen molar-refractivity contribution in [1.29, 1.82) is 0 Å². The normalized spacial score (nSPS) is 19.3. The predicted octanol–water partition coefficient (Wildman–Crippen LogP) is 1.96. The van der Waals surface area contributed by atoms with Crippen LogP contribution in [0.25, 0.3) is 0 Å². The van der Waals surface area contributed by atoms with E-state index >= 15 is 0 Å². The Kier molecular flexibility index (Phi) is 4.97. The number of fused-ring (bicyclic) bond motifs is 2. The second-order valence-corrected chi connectivity index (χ2v) is 7.33. The molecule has 0 unspecified atom stereocenters. The number of carbonyl (C=O) groups is 1. The third kappa shape index (κ3) is 3.15. The number of amides is 1. The van der Waals surface area contributed by atoms with E-state index in [1.54, 1.807) is 13.2 Å². The van der Waals surface area contributed by atoms with Gasteiger partial charge in [0, 0.05) is 38.9 Å². The fourth-order valence-electron chi connectivity index (χ4n) is 4.61. The van der Waals surface area contributed by atoms with Crippen molar-refractivity contribution in [3.63, 3.8) is 0 Å². The van der Waals surface area contributed by atoms with Crippen LogP contribution < -0.4 is 0 Å². The lowest BCUT2D eigenvalue weighted by atomic mass is 9.78. The third-order valence-electron chi connectivity index (χ3n) is 5.97. The lowest BCUT2D eigenvalue weighted by Crippen LogP contribution is -2.57. The van der Waals surface area contributed by atoms with Crippen LogP contribution in [0.15, 0.2) is 24.5 Å². The number of likely N-dealkylation sites (N-methyl/N-ethyl adjacent to an activating group) is 1. The Morgan fingerprint density at radius 2 is 2.11 bits per heavy atom. The van der Waals surface area contributed by atoms with Crippen LogP contribution in [0, 0.1) is 0 Å². The Morgan fingerprint density at radius 3 is 2.85 bits per heavy atom. The van der Waals surface area contributed by atoms with E-state index < -0.39 is 0 Å². The summed E-state index contributed by atoms with van der Waals surface area (Å²) in [5.41, 5.74) is 3.67. The molecule has 0 bridgehead atoms. The average Bonchev–Trinajstić information content (AvgIpc) is 3.19. The van der Waals surface area contributed by atoms with Gasteiger partial charge in [-0.25, -0.2) is 9.97 Å². The molecule has 7 heteroatoms. The van der Waals surface area contributed by atoms with Crippen molar-refractivity contribution in [1.82, 2.24) is 24.8 Å². The highest BCUT2D eigenvalue weighted by atomic mass is 16.5. The van der Waals surface area contributed by atoms with Gasteiger partial charge in [-0.15, -0.1) is 0 Å². The number of hydrogen-bond donors (Lipinski definition) is 1. The molecule has 7 nitrogen and oxygen atoms in total. The number of nitrogens with one attached hydrogen (secondary N) is 1. The molecule has 2 aliphatic rings. The Labute approximate surface area is 159 Å². The highest BCUT2D eigenvalue weighted by Gasteiger charge is 2.46. The molecular weight excluding hydrogens is 342 g/mol. The monoisotopic (exact) mass is 369 g/mol. The summed E-state index contributed by atoms with van der Waals surface area (Å²) in [6, 6.07) is 5.54. The van der Waals surface area contributed by atoms with Crippen molar-refractivity contribution in [2.45, 2.75) is 38.3 Å². The largest absolute Gasteiger partial charge is 0.378 e. The third-order valence-corrected chi connectivity index (χ3v) is 5.97. The maximum Gasteiger partial charge on any atom is 0.272 e. The number of H-pyrrole nitrogens is 1. The second-order valence-electron chi connectivity index (χ2n) is 7.33. The molecule has 0 saturated carbocycles. The van der Waals surface area contributed by atoms with Gasteiger partial charge in [0.15, 0.2) is 0 Å². The molecule has 1 saturated heterocycles. The van der Waals surface area contributed by atoms with E-state index in [4.69, 9.17) is 4.74 Å². The minimum absolute atomic E-state index is 0.00362. The highest BCUT2D eigenvalue weighted by Crippen LogP contribution is 2.42. The Morgan fingerprint density at radius 1 is 1.30 bits per heavy atom. The van der Waals surface area contributed by atoms with Crippen molar-refractivity contribution in [3.8, 4) is 0 Å². The number of pyridine rings is 1. The highest BCUT2D eigenvalue weighted by molar-refractivity contribution is 5.92. The molecule has 0 aliphatic carbocycles. The zero-order chi connectivity index (χ0) is 18.9. The van der Waals surface area contributed by atoms with Gasteiger partial charge in [0.2, 0.25) is 0 Å². The second kappa shape index (κ2) is 7.40. The Balaban J connectivity index is 1.52. The van der Waals surface area contributed by atoms with Gasteiger partial charge in [-0.05, 0) is 31.5 Å². The van der Waals surface area contributed by atoms with Crippen molar-refractivity contribution >= 4 is 5.91 Å². The summed E-state index contributed by atoms with van der Waals surface area (Å²) in [4.78, 5) is 29.9.